The molecule has 6 aromatic carbocycles. The molecule has 2 nitrogen and oxygen atoms in total. The molecule has 1 aromatic heterocycles. The summed E-state index contributed by atoms with van der Waals surface area (Å²) in [6, 6.07) is 49.3. The second-order valence-electron chi connectivity index (χ2n) is 15.6. The van der Waals surface area contributed by atoms with E-state index >= 15 is 0 Å². The summed E-state index contributed by atoms with van der Waals surface area (Å²) in [6.45, 7) is 4.84. The molecule has 254 valence electrons. The maximum absolute atomic E-state index is 6.57. The summed E-state index contributed by atoms with van der Waals surface area (Å²) in [5.41, 5.74) is 24.2. The molecule has 10 rings (SSSR count). The predicted molar refractivity (Wildman–Crippen MR) is 220 cm³/mol. The fourth-order valence-electron chi connectivity index (χ4n) is 9.77. The van der Waals surface area contributed by atoms with Crippen LogP contribution in [-0.4, -0.2) is 5.84 Å². The minimum atomic E-state index is -0.0768. The number of hydrogen-bond donors (Lipinski definition) is 1. The summed E-state index contributed by atoms with van der Waals surface area (Å²) >= 11 is 1.82. The van der Waals surface area contributed by atoms with E-state index in [9.17, 15) is 0 Å². The molecule has 1 saturated carbocycles. The smallest absolute Gasteiger partial charge is 0.131 e. The van der Waals surface area contributed by atoms with E-state index in [-0.39, 0.29) is 10.8 Å². The van der Waals surface area contributed by atoms with Crippen LogP contribution in [0.1, 0.15) is 84.2 Å². The van der Waals surface area contributed by atoms with Crippen LogP contribution in [0.25, 0.3) is 43.5 Å². The largest absolute Gasteiger partial charge is 0.383 e. The maximum atomic E-state index is 6.57. The number of nitrogens with two attached hydrogens (primary N) is 1. The second-order valence-corrected chi connectivity index (χ2v) is 16.7. The highest BCUT2D eigenvalue weighted by Crippen LogP contribution is 2.60. The molecule has 0 radical (unpaired) electrons. The van der Waals surface area contributed by atoms with Gasteiger partial charge in [0.1, 0.15) is 5.84 Å². The van der Waals surface area contributed by atoms with Crippen molar-refractivity contribution in [3.05, 3.63) is 172 Å². The lowest BCUT2D eigenvalue weighted by Crippen LogP contribution is -2.28. The Balaban J connectivity index is 1.04. The van der Waals surface area contributed by atoms with Crippen molar-refractivity contribution in [2.45, 2.75) is 63.2 Å². The van der Waals surface area contributed by atoms with E-state index < -0.39 is 0 Å². The van der Waals surface area contributed by atoms with E-state index in [1.165, 1.54) is 91.8 Å². The summed E-state index contributed by atoms with van der Waals surface area (Å²) in [7, 11) is 0. The van der Waals surface area contributed by atoms with Gasteiger partial charge in [-0.1, -0.05) is 148 Å². The van der Waals surface area contributed by atoms with Gasteiger partial charge in [0, 0.05) is 37.8 Å². The molecule has 0 amide bonds. The fraction of sp³-hybridized carbons (Fsp3) is 0.204. The molecule has 3 aliphatic rings. The molecular formula is C49H42N2S. The summed E-state index contributed by atoms with van der Waals surface area (Å²) in [6.07, 6.45) is 7.26. The molecular weight excluding hydrogens is 649 g/mol. The minimum Gasteiger partial charge on any atom is -0.383 e. The topological polar surface area (TPSA) is 38.4 Å². The van der Waals surface area contributed by atoms with Gasteiger partial charge in [0.25, 0.3) is 0 Å². The van der Waals surface area contributed by atoms with E-state index in [1.54, 1.807) is 11.1 Å². The Morgan fingerprint density at radius 1 is 0.635 bits per heavy atom. The quantitative estimate of drug-likeness (QED) is 0.142. The Morgan fingerprint density at radius 3 is 2.15 bits per heavy atom. The van der Waals surface area contributed by atoms with E-state index in [4.69, 9.17) is 10.7 Å². The highest BCUT2D eigenvalue weighted by molar-refractivity contribution is 7.19. The van der Waals surface area contributed by atoms with Crippen LogP contribution in [0.2, 0.25) is 0 Å². The van der Waals surface area contributed by atoms with Gasteiger partial charge in [-0.05, 0) is 92.2 Å². The molecule has 1 heterocycles. The van der Waals surface area contributed by atoms with Crippen LogP contribution >= 0.6 is 11.3 Å². The molecule has 0 bridgehead atoms. The fourth-order valence-corrected chi connectivity index (χ4v) is 10.9. The molecule has 3 aliphatic carbocycles. The zero-order valence-electron chi connectivity index (χ0n) is 29.9. The molecule has 52 heavy (non-hydrogen) atoms. The number of nitrogens with zero attached hydrogens (tertiary/aromatic N) is 1. The van der Waals surface area contributed by atoms with Gasteiger partial charge >= 0.3 is 0 Å². The highest BCUT2D eigenvalue weighted by atomic mass is 32.1. The van der Waals surface area contributed by atoms with Crippen LogP contribution in [0.4, 0.5) is 5.69 Å². The Bertz CT molecular complexity index is 2550. The number of aliphatic imine (C=N–C) groups is 1. The van der Waals surface area contributed by atoms with E-state index in [0.29, 0.717) is 5.84 Å². The third-order valence-corrected chi connectivity index (χ3v) is 13.5. The van der Waals surface area contributed by atoms with E-state index in [1.807, 2.05) is 41.7 Å². The normalized spacial score (nSPS) is 16.5. The first-order chi connectivity index (χ1) is 25.4. The minimum absolute atomic E-state index is 0.0768. The van der Waals surface area contributed by atoms with Gasteiger partial charge in [-0.25, -0.2) is 4.99 Å². The maximum Gasteiger partial charge on any atom is 0.131 e. The number of hydrogen-bond acceptors (Lipinski definition) is 2. The van der Waals surface area contributed by atoms with Crippen LogP contribution in [-0.2, 0) is 17.3 Å². The van der Waals surface area contributed by atoms with Crippen LogP contribution in [0, 0.1) is 0 Å². The molecule has 2 N–H and O–H groups in total. The van der Waals surface area contributed by atoms with Crippen LogP contribution in [0.15, 0.2) is 138 Å². The third-order valence-electron chi connectivity index (χ3n) is 12.4. The molecule has 3 heteroatoms. The highest BCUT2D eigenvalue weighted by Gasteiger charge is 2.46. The summed E-state index contributed by atoms with van der Waals surface area (Å²) in [5, 5.41) is 1.16. The molecule has 1 spiro atoms. The van der Waals surface area contributed by atoms with E-state index in [2.05, 4.69) is 117 Å². The van der Waals surface area contributed by atoms with Crippen molar-refractivity contribution in [2.24, 2.45) is 10.7 Å². The van der Waals surface area contributed by atoms with Gasteiger partial charge in [-0.2, -0.15) is 0 Å². The molecule has 0 saturated heterocycles. The molecule has 1 fully saturated rings. The van der Waals surface area contributed by atoms with Crippen LogP contribution in [0.5, 0.6) is 0 Å². The molecule has 0 aliphatic heterocycles. The number of benzene rings is 6. The number of thiophene rings is 1. The molecule has 0 unspecified atom stereocenters. The van der Waals surface area contributed by atoms with Crippen LogP contribution in [0.3, 0.4) is 0 Å². The lowest BCUT2D eigenvalue weighted by atomic mass is 9.67. The van der Waals surface area contributed by atoms with Crippen LogP contribution < -0.4 is 5.73 Å². The van der Waals surface area contributed by atoms with Crippen molar-refractivity contribution >= 4 is 32.9 Å². The average molecular weight is 691 g/mol. The van der Waals surface area contributed by atoms with Crippen molar-refractivity contribution in [3.63, 3.8) is 0 Å². The van der Waals surface area contributed by atoms with Gasteiger partial charge < -0.3 is 5.73 Å². The van der Waals surface area contributed by atoms with Gasteiger partial charge in [-0.15, -0.1) is 11.3 Å². The zero-order valence-corrected chi connectivity index (χ0v) is 30.7. The second kappa shape index (κ2) is 11.9. The summed E-state index contributed by atoms with van der Waals surface area (Å²) < 4.78 is 1.24. The number of rotatable bonds is 5. The Kier molecular flexibility index (Phi) is 7.20. The number of fused-ring (bicyclic) bond motifs is 9. The van der Waals surface area contributed by atoms with Crippen molar-refractivity contribution in [1.29, 1.82) is 0 Å². The Labute approximate surface area is 310 Å². The monoisotopic (exact) mass is 690 g/mol. The third kappa shape index (κ3) is 4.72. The van der Waals surface area contributed by atoms with Gasteiger partial charge in [0.05, 0.1) is 5.69 Å². The lowest BCUT2D eigenvalue weighted by molar-refractivity contribution is 0.353. The SMILES string of the molecule is CC1(C)c2cc3c(cc2-c2c(-c4ccc(Cc5sc6ccccc6c5N=C(N)c5ccccc5)cc4)cccc21)C1(CCCCC1)c1ccccc1-3. The standard InChI is InChI=1S/C49H42N2S/c1-48(2)40-20-13-18-34(45(40)38-30-42-37(29-41(38)48)35-16-7-9-19-39(35)49(42)26-11-4-12-27-49)32-24-22-31(23-25-32)28-44-46(36-17-8-10-21-43(36)52-44)51-47(50)33-14-5-3-6-15-33/h3,5-10,13-25,29-30H,4,11-12,26-28H2,1-2H3,(H2,50,51). The zero-order chi connectivity index (χ0) is 35.0. The van der Waals surface area contributed by atoms with Gasteiger partial charge in [-0.3, -0.25) is 0 Å². The lowest BCUT2D eigenvalue weighted by Gasteiger charge is -2.36. The predicted octanol–water partition coefficient (Wildman–Crippen LogP) is 12.7. The average Bonchev–Trinajstić information content (AvgIpc) is 3.74. The first-order valence-corrected chi connectivity index (χ1v) is 19.7. The van der Waals surface area contributed by atoms with Crippen molar-refractivity contribution in [3.8, 4) is 33.4 Å². The molecule has 0 atom stereocenters. The van der Waals surface area contributed by atoms with Gasteiger partial charge in [0.15, 0.2) is 0 Å². The summed E-state index contributed by atoms with van der Waals surface area (Å²) in [4.78, 5) is 6.26. The van der Waals surface area contributed by atoms with Gasteiger partial charge in [0.2, 0.25) is 0 Å². The van der Waals surface area contributed by atoms with Crippen molar-refractivity contribution in [2.75, 3.05) is 0 Å². The summed E-state index contributed by atoms with van der Waals surface area (Å²) in [5.74, 6) is 0.547. The first kappa shape index (κ1) is 31.5. The van der Waals surface area contributed by atoms with Crippen molar-refractivity contribution in [1.82, 2.24) is 0 Å². The Morgan fingerprint density at radius 2 is 1.33 bits per heavy atom. The van der Waals surface area contributed by atoms with Crippen molar-refractivity contribution < 1.29 is 0 Å². The van der Waals surface area contributed by atoms with E-state index in [0.717, 1.165) is 23.1 Å². The first-order valence-electron chi connectivity index (χ1n) is 18.8. The Hall–Kier alpha value is -5.25. The number of amidine groups is 1. The molecule has 7 aromatic rings.